The first-order valence-corrected chi connectivity index (χ1v) is 5.64. The molecular weight excluding hydrogens is 230 g/mol. The minimum Gasteiger partial charge on any atom is -0.481 e. The molecule has 1 atom stereocenters. The van der Waals surface area contributed by atoms with Crippen LogP contribution in [0.4, 0.5) is 5.69 Å². The Hall–Kier alpha value is -2.30. The van der Waals surface area contributed by atoms with Crippen LogP contribution in [0, 0.1) is 0 Å². The molecular formula is C13H15N3O2. The Morgan fingerprint density at radius 2 is 2.11 bits per heavy atom. The third kappa shape index (κ3) is 2.68. The zero-order chi connectivity index (χ0) is 13.0. The van der Waals surface area contributed by atoms with E-state index in [2.05, 4.69) is 10.3 Å². The van der Waals surface area contributed by atoms with Crippen molar-refractivity contribution in [2.75, 3.05) is 12.4 Å². The van der Waals surface area contributed by atoms with E-state index in [1.807, 2.05) is 36.0 Å². The Balaban J connectivity index is 2.02. The molecule has 2 aromatic heterocycles. The molecule has 0 aliphatic carbocycles. The highest BCUT2D eigenvalue weighted by molar-refractivity contribution is 5.93. The quantitative estimate of drug-likeness (QED) is 0.897. The van der Waals surface area contributed by atoms with E-state index in [0.717, 1.165) is 0 Å². The predicted octanol–water partition coefficient (Wildman–Crippen LogP) is 2.09. The van der Waals surface area contributed by atoms with Gasteiger partial charge in [-0.1, -0.05) is 0 Å². The van der Waals surface area contributed by atoms with Gasteiger partial charge >= 0.3 is 0 Å². The number of pyridine rings is 1. The van der Waals surface area contributed by atoms with Gasteiger partial charge in [-0.2, -0.15) is 0 Å². The van der Waals surface area contributed by atoms with E-state index < -0.39 is 0 Å². The molecule has 1 amide bonds. The lowest BCUT2D eigenvalue weighted by Crippen LogP contribution is -2.22. The fourth-order valence-electron chi connectivity index (χ4n) is 1.56. The zero-order valence-electron chi connectivity index (χ0n) is 10.3. The van der Waals surface area contributed by atoms with Crippen molar-refractivity contribution in [3.8, 4) is 5.88 Å². The standard InChI is InChI=1S/C13H15N3O2/c1-10(16-7-3-4-8-16)13(17)15-11-5-6-12(18-2)14-9-11/h3-10H,1-2H3,(H,15,17). The predicted molar refractivity (Wildman–Crippen MR) is 68.6 cm³/mol. The molecule has 2 rings (SSSR count). The number of aromatic nitrogens is 2. The van der Waals surface area contributed by atoms with Gasteiger partial charge in [-0.3, -0.25) is 4.79 Å². The maximum Gasteiger partial charge on any atom is 0.247 e. The highest BCUT2D eigenvalue weighted by Gasteiger charge is 2.13. The number of nitrogens with zero attached hydrogens (tertiary/aromatic N) is 2. The topological polar surface area (TPSA) is 56.1 Å². The first-order valence-electron chi connectivity index (χ1n) is 5.64. The van der Waals surface area contributed by atoms with E-state index in [0.29, 0.717) is 11.6 Å². The molecule has 2 aromatic rings. The molecule has 0 aliphatic heterocycles. The van der Waals surface area contributed by atoms with Crippen molar-refractivity contribution < 1.29 is 9.53 Å². The second kappa shape index (κ2) is 5.35. The van der Waals surface area contributed by atoms with Gasteiger partial charge in [-0.15, -0.1) is 0 Å². The third-order valence-electron chi connectivity index (χ3n) is 2.67. The first kappa shape index (κ1) is 12.2. The lowest BCUT2D eigenvalue weighted by Gasteiger charge is -2.13. The van der Waals surface area contributed by atoms with Crippen LogP contribution in [-0.4, -0.2) is 22.6 Å². The van der Waals surface area contributed by atoms with Crippen molar-refractivity contribution in [2.24, 2.45) is 0 Å². The van der Waals surface area contributed by atoms with Crippen molar-refractivity contribution in [3.05, 3.63) is 42.9 Å². The Labute approximate surface area is 105 Å². The highest BCUT2D eigenvalue weighted by Crippen LogP contribution is 2.14. The van der Waals surface area contributed by atoms with Crippen LogP contribution < -0.4 is 10.1 Å². The van der Waals surface area contributed by atoms with Crippen LogP contribution in [0.15, 0.2) is 42.9 Å². The van der Waals surface area contributed by atoms with Crippen LogP contribution in [0.5, 0.6) is 5.88 Å². The number of nitrogens with one attached hydrogen (secondary N) is 1. The molecule has 18 heavy (non-hydrogen) atoms. The van der Waals surface area contributed by atoms with Gasteiger partial charge in [0.2, 0.25) is 11.8 Å². The Kier molecular flexibility index (Phi) is 3.62. The second-order valence-electron chi connectivity index (χ2n) is 3.88. The SMILES string of the molecule is COc1ccc(NC(=O)C(C)n2cccc2)cn1. The molecule has 5 heteroatoms. The summed E-state index contributed by atoms with van der Waals surface area (Å²) in [7, 11) is 1.55. The molecule has 0 fully saturated rings. The Morgan fingerprint density at radius 1 is 1.39 bits per heavy atom. The number of hydrogen-bond acceptors (Lipinski definition) is 3. The van der Waals surface area contributed by atoms with E-state index in [1.165, 1.54) is 0 Å². The molecule has 1 unspecified atom stereocenters. The van der Waals surface area contributed by atoms with Crippen molar-refractivity contribution >= 4 is 11.6 Å². The number of carbonyl (C=O) groups excluding carboxylic acids is 1. The van der Waals surface area contributed by atoms with E-state index in [4.69, 9.17) is 4.74 Å². The summed E-state index contributed by atoms with van der Waals surface area (Å²) in [5, 5.41) is 2.80. The van der Waals surface area contributed by atoms with E-state index in [9.17, 15) is 4.79 Å². The Morgan fingerprint density at radius 3 is 2.67 bits per heavy atom. The van der Waals surface area contributed by atoms with Gasteiger partial charge in [-0.25, -0.2) is 4.98 Å². The number of anilines is 1. The average Bonchev–Trinajstić information content (AvgIpc) is 2.92. The summed E-state index contributed by atoms with van der Waals surface area (Å²) in [6, 6.07) is 6.97. The molecule has 0 saturated heterocycles. The molecule has 5 nitrogen and oxygen atoms in total. The Bertz CT molecular complexity index is 506. The van der Waals surface area contributed by atoms with Crippen LogP contribution in [0.25, 0.3) is 0 Å². The summed E-state index contributed by atoms with van der Waals surface area (Å²) >= 11 is 0. The molecule has 2 heterocycles. The van der Waals surface area contributed by atoms with Crippen LogP contribution in [-0.2, 0) is 4.79 Å². The van der Waals surface area contributed by atoms with Gasteiger partial charge in [0.05, 0.1) is 19.0 Å². The average molecular weight is 245 g/mol. The first-order chi connectivity index (χ1) is 8.70. The summed E-state index contributed by atoms with van der Waals surface area (Å²) < 4.78 is 6.79. The second-order valence-corrected chi connectivity index (χ2v) is 3.88. The number of methoxy groups -OCH3 is 1. The fourth-order valence-corrected chi connectivity index (χ4v) is 1.56. The molecule has 0 radical (unpaired) electrons. The zero-order valence-corrected chi connectivity index (χ0v) is 10.3. The van der Waals surface area contributed by atoms with Crippen molar-refractivity contribution in [1.29, 1.82) is 0 Å². The minimum absolute atomic E-state index is 0.0850. The summed E-state index contributed by atoms with van der Waals surface area (Å²) in [6.45, 7) is 1.84. The normalized spacial score (nSPS) is 11.9. The summed E-state index contributed by atoms with van der Waals surface area (Å²) in [5.41, 5.74) is 0.653. The molecule has 0 spiro atoms. The van der Waals surface area contributed by atoms with Crippen molar-refractivity contribution in [3.63, 3.8) is 0 Å². The maximum absolute atomic E-state index is 12.0. The van der Waals surface area contributed by atoms with Gasteiger partial charge < -0.3 is 14.6 Å². The lowest BCUT2D eigenvalue weighted by atomic mass is 10.3. The summed E-state index contributed by atoms with van der Waals surface area (Å²) in [4.78, 5) is 16.0. The third-order valence-corrected chi connectivity index (χ3v) is 2.67. The molecule has 1 N–H and O–H groups in total. The molecule has 0 saturated carbocycles. The summed E-state index contributed by atoms with van der Waals surface area (Å²) in [5.74, 6) is 0.435. The van der Waals surface area contributed by atoms with Crippen LogP contribution >= 0.6 is 0 Å². The van der Waals surface area contributed by atoms with Gasteiger partial charge in [0.1, 0.15) is 6.04 Å². The van der Waals surface area contributed by atoms with E-state index >= 15 is 0 Å². The van der Waals surface area contributed by atoms with Gasteiger partial charge in [0.25, 0.3) is 0 Å². The maximum atomic E-state index is 12.0. The number of carbonyl (C=O) groups is 1. The number of ether oxygens (including phenoxy) is 1. The van der Waals surface area contributed by atoms with E-state index in [1.54, 1.807) is 25.4 Å². The number of rotatable bonds is 4. The van der Waals surface area contributed by atoms with Gasteiger partial charge in [0, 0.05) is 18.5 Å². The highest BCUT2D eigenvalue weighted by atomic mass is 16.5. The fraction of sp³-hybridized carbons (Fsp3) is 0.231. The summed E-state index contributed by atoms with van der Waals surface area (Å²) in [6.07, 6.45) is 5.28. The molecule has 94 valence electrons. The number of amides is 1. The number of hydrogen-bond donors (Lipinski definition) is 1. The van der Waals surface area contributed by atoms with Crippen molar-refractivity contribution in [2.45, 2.75) is 13.0 Å². The van der Waals surface area contributed by atoms with Crippen molar-refractivity contribution in [1.82, 2.24) is 9.55 Å². The molecule has 0 aromatic carbocycles. The largest absolute Gasteiger partial charge is 0.481 e. The van der Waals surface area contributed by atoms with Crippen LogP contribution in [0.2, 0.25) is 0 Å². The lowest BCUT2D eigenvalue weighted by molar-refractivity contribution is -0.118. The van der Waals surface area contributed by atoms with Crippen LogP contribution in [0.1, 0.15) is 13.0 Å². The van der Waals surface area contributed by atoms with Gasteiger partial charge in [0.15, 0.2) is 0 Å². The van der Waals surface area contributed by atoms with Gasteiger partial charge in [-0.05, 0) is 25.1 Å². The molecule has 0 bridgehead atoms. The van der Waals surface area contributed by atoms with Crippen LogP contribution in [0.3, 0.4) is 0 Å². The van der Waals surface area contributed by atoms with E-state index in [-0.39, 0.29) is 11.9 Å². The smallest absolute Gasteiger partial charge is 0.247 e. The molecule has 0 aliphatic rings. The monoisotopic (exact) mass is 245 g/mol. The minimum atomic E-state index is -0.262.